The molecule has 14 heavy (non-hydrogen) atoms. The van der Waals surface area contributed by atoms with Crippen molar-refractivity contribution in [3.05, 3.63) is 29.8 Å². The van der Waals surface area contributed by atoms with E-state index >= 15 is 0 Å². The highest BCUT2D eigenvalue weighted by atomic mass is 32.2. The normalized spacial score (nSPS) is 12.0. The van der Waals surface area contributed by atoms with Gasteiger partial charge in [0.1, 0.15) is 0 Å². The second-order valence-corrected chi connectivity index (χ2v) is 5.22. The molecule has 0 aliphatic heterocycles. The van der Waals surface area contributed by atoms with E-state index in [0.29, 0.717) is 4.90 Å². The highest BCUT2D eigenvalue weighted by Gasteiger charge is 2.16. The first-order valence-electron chi connectivity index (χ1n) is 4.51. The SMILES string of the molecule is Cc1ccccc1S(=O)(=O)NC(C)C. The Bertz CT molecular complexity index is 410. The van der Waals surface area contributed by atoms with Gasteiger partial charge in [-0.05, 0) is 32.4 Å². The summed E-state index contributed by atoms with van der Waals surface area (Å²) in [5.41, 5.74) is 0.764. The second-order valence-electron chi connectivity index (χ2n) is 3.54. The molecule has 1 aromatic carbocycles. The van der Waals surface area contributed by atoms with E-state index in [1.54, 1.807) is 39.0 Å². The van der Waals surface area contributed by atoms with E-state index in [9.17, 15) is 8.42 Å². The topological polar surface area (TPSA) is 46.2 Å². The number of nitrogens with one attached hydrogen (secondary N) is 1. The fraction of sp³-hybridized carbons (Fsp3) is 0.400. The van der Waals surface area contributed by atoms with Gasteiger partial charge in [0.25, 0.3) is 0 Å². The lowest BCUT2D eigenvalue weighted by Gasteiger charge is -2.11. The predicted molar refractivity (Wildman–Crippen MR) is 56.6 cm³/mol. The maximum Gasteiger partial charge on any atom is 0.241 e. The van der Waals surface area contributed by atoms with E-state index in [1.807, 2.05) is 6.07 Å². The summed E-state index contributed by atoms with van der Waals surface area (Å²) in [5.74, 6) is 0. The molecule has 0 saturated carbocycles. The Kier molecular flexibility index (Phi) is 3.29. The monoisotopic (exact) mass is 213 g/mol. The van der Waals surface area contributed by atoms with E-state index in [4.69, 9.17) is 0 Å². The van der Waals surface area contributed by atoms with Gasteiger partial charge in [-0.25, -0.2) is 13.1 Å². The molecule has 0 aliphatic carbocycles. The summed E-state index contributed by atoms with van der Waals surface area (Å²) in [6, 6.07) is 6.86. The molecule has 78 valence electrons. The summed E-state index contributed by atoms with van der Waals surface area (Å²) < 4.78 is 26.1. The largest absolute Gasteiger partial charge is 0.241 e. The number of hydrogen-bond acceptors (Lipinski definition) is 2. The molecule has 0 radical (unpaired) electrons. The van der Waals surface area contributed by atoms with E-state index in [-0.39, 0.29) is 6.04 Å². The summed E-state index contributed by atoms with van der Waals surface area (Å²) >= 11 is 0. The van der Waals surface area contributed by atoms with E-state index in [2.05, 4.69) is 4.72 Å². The van der Waals surface area contributed by atoms with Crippen LogP contribution >= 0.6 is 0 Å². The van der Waals surface area contributed by atoms with Gasteiger partial charge >= 0.3 is 0 Å². The van der Waals surface area contributed by atoms with Crippen molar-refractivity contribution in [2.24, 2.45) is 0 Å². The molecule has 0 saturated heterocycles. The van der Waals surface area contributed by atoms with Gasteiger partial charge in [0.15, 0.2) is 0 Å². The van der Waals surface area contributed by atoms with E-state index in [1.165, 1.54) is 0 Å². The Balaban J connectivity index is 3.11. The number of hydrogen-bond donors (Lipinski definition) is 1. The number of rotatable bonds is 3. The summed E-state index contributed by atoms with van der Waals surface area (Å²) in [6.07, 6.45) is 0. The molecule has 0 atom stereocenters. The average Bonchev–Trinajstić information content (AvgIpc) is 2.02. The van der Waals surface area contributed by atoms with Gasteiger partial charge < -0.3 is 0 Å². The Morgan fingerprint density at radius 3 is 2.29 bits per heavy atom. The van der Waals surface area contributed by atoms with Crippen LogP contribution in [0, 0.1) is 6.92 Å². The quantitative estimate of drug-likeness (QED) is 0.830. The van der Waals surface area contributed by atoms with Crippen LogP contribution in [0.4, 0.5) is 0 Å². The lowest BCUT2D eigenvalue weighted by molar-refractivity contribution is 0.569. The van der Waals surface area contributed by atoms with Gasteiger partial charge in [0.05, 0.1) is 4.90 Å². The second kappa shape index (κ2) is 4.11. The molecule has 1 aromatic rings. The fourth-order valence-electron chi connectivity index (χ4n) is 1.23. The molecule has 0 spiro atoms. The first-order chi connectivity index (χ1) is 6.43. The third kappa shape index (κ3) is 2.56. The lowest BCUT2D eigenvalue weighted by Crippen LogP contribution is -2.30. The average molecular weight is 213 g/mol. The van der Waals surface area contributed by atoms with Gasteiger partial charge in [-0.15, -0.1) is 0 Å². The van der Waals surface area contributed by atoms with Gasteiger partial charge in [-0.3, -0.25) is 0 Å². The van der Waals surface area contributed by atoms with Crippen LogP contribution in [0.3, 0.4) is 0 Å². The first kappa shape index (κ1) is 11.2. The number of benzene rings is 1. The third-order valence-electron chi connectivity index (χ3n) is 1.77. The maximum absolute atomic E-state index is 11.8. The molecule has 0 fully saturated rings. The van der Waals surface area contributed by atoms with Gasteiger partial charge in [-0.2, -0.15) is 0 Å². The molecule has 1 N–H and O–H groups in total. The van der Waals surface area contributed by atoms with Crippen molar-refractivity contribution in [2.75, 3.05) is 0 Å². The minimum absolute atomic E-state index is 0.0837. The van der Waals surface area contributed by atoms with Crippen LogP contribution in [-0.2, 0) is 10.0 Å². The molecular weight excluding hydrogens is 198 g/mol. The van der Waals surface area contributed by atoms with Crippen LogP contribution in [0.25, 0.3) is 0 Å². The van der Waals surface area contributed by atoms with Gasteiger partial charge in [0.2, 0.25) is 10.0 Å². The standard InChI is InChI=1S/C10H15NO2S/c1-8(2)11-14(12,13)10-7-5-4-6-9(10)3/h4-8,11H,1-3H3. The highest BCUT2D eigenvalue weighted by Crippen LogP contribution is 2.13. The fourth-order valence-corrected chi connectivity index (χ4v) is 2.73. The maximum atomic E-state index is 11.8. The molecular formula is C10H15NO2S. The van der Waals surface area contributed by atoms with Crippen LogP contribution < -0.4 is 4.72 Å². The minimum atomic E-state index is -3.34. The number of aryl methyl sites for hydroxylation is 1. The van der Waals surface area contributed by atoms with Crippen molar-refractivity contribution in [2.45, 2.75) is 31.7 Å². The van der Waals surface area contributed by atoms with E-state index in [0.717, 1.165) is 5.56 Å². The van der Waals surface area contributed by atoms with Gasteiger partial charge in [0, 0.05) is 6.04 Å². The van der Waals surface area contributed by atoms with Crippen molar-refractivity contribution >= 4 is 10.0 Å². The van der Waals surface area contributed by atoms with E-state index < -0.39 is 10.0 Å². The van der Waals surface area contributed by atoms with Crippen molar-refractivity contribution < 1.29 is 8.42 Å². The molecule has 0 bridgehead atoms. The van der Waals surface area contributed by atoms with Crippen molar-refractivity contribution in [3.63, 3.8) is 0 Å². The zero-order valence-corrected chi connectivity index (χ0v) is 9.43. The van der Waals surface area contributed by atoms with Gasteiger partial charge in [-0.1, -0.05) is 18.2 Å². The molecule has 0 aromatic heterocycles. The molecule has 0 aliphatic rings. The molecule has 0 unspecified atom stereocenters. The summed E-state index contributed by atoms with van der Waals surface area (Å²) in [5, 5.41) is 0. The Hall–Kier alpha value is -0.870. The van der Waals surface area contributed by atoms with Crippen LogP contribution in [-0.4, -0.2) is 14.5 Å². The van der Waals surface area contributed by atoms with Crippen LogP contribution in [0.1, 0.15) is 19.4 Å². The van der Waals surface area contributed by atoms with Crippen LogP contribution in [0.2, 0.25) is 0 Å². The van der Waals surface area contributed by atoms with Crippen LogP contribution in [0.5, 0.6) is 0 Å². The van der Waals surface area contributed by atoms with Crippen molar-refractivity contribution in [3.8, 4) is 0 Å². The van der Waals surface area contributed by atoms with Crippen molar-refractivity contribution in [1.29, 1.82) is 0 Å². The highest BCUT2D eigenvalue weighted by molar-refractivity contribution is 7.89. The predicted octanol–water partition coefficient (Wildman–Crippen LogP) is 1.68. The lowest BCUT2D eigenvalue weighted by atomic mass is 10.2. The first-order valence-corrected chi connectivity index (χ1v) is 6.00. The zero-order valence-electron chi connectivity index (χ0n) is 8.61. The molecule has 3 nitrogen and oxygen atoms in total. The molecule has 0 heterocycles. The Morgan fingerprint density at radius 1 is 1.21 bits per heavy atom. The van der Waals surface area contributed by atoms with Crippen LogP contribution in [0.15, 0.2) is 29.2 Å². The minimum Gasteiger partial charge on any atom is -0.209 e. The summed E-state index contributed by atoms with van der Waals surface area (Å²) in [7, 11) is -3.34. The molecule has 1 rings (SSSR count). The Labute approximate surface area is 85.2 Å². The summed E-state index contributed by atoms with van der Waals surface area (Å²) in [6.45, 7) is 5.39. The molecule has 0 amide bonds. The Morgan fingerprint density at radius 2 is 1.79 bits per heavy atom. The molecule has 4 heteroatoms. The zero-order chi connectivity index (χ0) is 10.8. The summed E-state index contributed by atoms with van der Waals surface area (Å²) in [4.78, 5) is 0.355. The van der Waals surface area contributed by atoms with Crippen molar-refractivity contribution in [1.82, 2.24) is 4.72 Å². The number of sulfonamides is 1. The third-order valence-corrected chi connectivity index (χ3v) is 3.59. The smallest absolute Gasteiger partial charge is 0.209 e.